The summed E-state index contributed by atoms with van der Waals surface area (Å²) in [5.41, 5.74) is 4.65. The molecule has 0 saturated heterocycles. The number of carboxylic acids is 2. The van der Waals surface area contributed by atoms with Crippen LogP contribution in [0.1, 0.15) is 126 Å². The Morgan fingerprint density at radius 3 is 1.41 bits per heavy atom. The topological polar surface area (TPSA) is 226 Å². The predicted octanol–water partition coefficient (Wildman–Crippen LogP) is 5.73. The standard InChI is InChI=1S/2C23H34O5.C4H11NO2/c2*1-2-3-4-7-17(24)9-10-18-19-11-15-6-5-8-22(28-14-23(26)27)20(15)12-16(19)13-21(18)25;6-3-1-5-2-4-7/h2*5-6,8,16-19,21,24-25H,2-4,7,9-14H2,1H3,(H,26,27);5-7H,1-4H2/t2*16?,17-,18+,19-,21+;/m00./s1. The Morgan fingerprint density at radius 1 is 0.635 bits per heavy atom. The molecule has 2 saturated carbocycles. The molecule has 0 bridgehead atoms. The molecule has 2 aromatic rings. The van der Waals surface area contributed by atoms with E-state index in [9.17, 15) is 30.0 Å². The molecule has 4 aliphatic carbocycles. The van der Waals surface area contributed by atoms with Crippen molar-refractivity contribution in [2.24, 2.45) is 35.5 Å². The maximum Gasteiger partial charge on any atom is 0.341 e. The van der Waals surface area contributed by atoms with Crippen LogP contribution in [0.4, 0.5) is 0 Å². The SMILES string of the molecule is CCCCC[C@H](O)CC[C@H]1[C@H](O)CC2Cc3c(cccc3OCC(=O)O)C[C@@H]21.CCCCC[C@H](O)CC[C@H]1[C@H](O)CC2Cc3c(cccc3OCC(=O)O)C[C@@H]21.OCCNCCO. The number of carbonyl (C=O) groups is 2. The molecule has 13 nitrogen and oxygen atoms in total. The fourth-order valence-electron chi connectivity index (χ4n) is 10.8. The van der Waals surface area contributed by atoms with Crippen LogP contribution in [0.2, 0.25) is 0 Å². The Kier molecular flexibility index (Phi) is 23.2. The summed E-state index contributed by atoms with van der Waals surface area (Å²) in [5, 5.41) is 78.8. The lowest BCUT2D eigenvalue weighted by molar-refractivity contribution is -0.140. The third-order valence-electron chi connectivity index (χ3n) is 13.9. The van der Waals surface area contributed by atoms with Crippen molar-refractivity contribution < 1.29 is 59.9 Å². The molecule has 63 heavy (non-hydrogen) atoms. The number of nitrogens with one attached hydrogen (secondary N) is 1. The van der Waals surface area contributed by atoms with Crippen LogP contribution in [0.5, 0.6) is 11.5 Å². The molecule has 6 rings (SSSR count). The van der Waals surface area contributed by atoms with Crippen LogP contribution in [0.15, 0.2) is 36.4 Å². The predicted molar refractivity (Wildman–Crippen MR) is 242 cm³/mol. The molecule has 0 spiro atoms. The normalized spacial score (nSPS) is 25.1. The molecule has 356 valence electrons. The Morgan fingerprint density at radius 2 is 1.05 bits per heavy atom. The van der Waals surface area contributed by atoms with Gasteiger partial charge in [-0.2, -0.15) is 0 Å². The van der Waals surface area contributed by atoms with E-state index in [-0.39, 0.29) is 62.7 Å². The van der Waals surface area contributed by atoms with Crippen molar-refractivity contribution in [1.82, 2.24) is 5.32 Å². The van der Waals surface area contributed by atoms with Crippen LogP contribution >= 0.6 is 0 Å². The van der Waals surface area contributed by atoms with Crippen molar-refractivity contribution in [3.8, 4) is 11.5 Å². The molecule has 10 atom stereocenters. The van der Waals surface area contributed by atoms with E-state index in [1.54, 1.807) is 0 Å². The molecule has 13 heteroatoms. The van der Waals surface area contributed by atoms with E-state index in [0.717, 1.165) is 127 Å². The summed E-state index contributed by atoms with van der Waals surface area (Å²) in [4.78, 5) is 21.7. The van der Waals surface area contributed by atoms with Crippen molar-refractivity contribution in [3.63, 3.8) is 0 Å². The van der Waals surface area contributed by atoms with Gasteiger partial charge in [0.2, 0.25) is 0 Å². The van der Waals surface area contributed by atoms with Gasteiger partial charge in [-0.05, 0) is 147 Å². The molecule has 0 radical (unpaired) electrons. The maximum absolute atomic E-state index is 10.8. The minimum absolute atomic E-state index is 0.139. The summed E-state index contributed by atoms with van der Waals surface area (Å²) in [7, 11) is 0. The number of aliphatic hydroxyl groups excluding tert-OH is 6. The highest BCUT2D eigenvalue weighted by molar-refractivity contribution is 5.69. The second kappa shape index (κ2) is 27.9. The first-order valence-corrected chi connectivity index (χ1v) is 24.0. The monoisotopic (exact) mass is 886 g/mol. The first kappa shape index (κ1) is 52.3. The number of hydrogen-bond acceptors (Lipinski definition) is 11. The van der Waals surface area contributed by atoms with Gasteiger partial charge in [0.25, 0.3) is 0 Å². The van der Waals surface area contributed by atoms with Gasteiger partial charge in [-0.1, -0.05) is 76.6 Å². The van der Waals surface area contributed by atoms with Gasteiger partial charge in [0, 0.05) is 13.1 Å². The Labute approximate surface area is 375 Å². The van der Waals surface area contributed by atoms with Crippen molar-refractivity contribution >= 4 is 11.9 Å². The summed E-state index contributed by atoms with van der Waals surface area (Å²) in [6.45, 7) is 5.10. The number of unbranched alkanes of at least 4 members (excludes halogenated alkanes) is 4. The Balaban J connectivity index is 0.000000240. The third kappa shape index (κ3) is 16.6. The summed E-state index contributed by atoms with van der Waals surface area (Å²) in [5.74, 6) is 1.54. The second-order valence-corrected chi connectivity index (χ2v) is 18.4. The number of hydrogen-bond donors (Lipinski definition) is 9. The highest BCUT2D eigenvalue weighted by Gasteiger charge is 2.46. The average molecular weight is 886 g/mol. The maximum atomic E-state index is 10.8. The van der Waals surface area contributed by atoms with Crippen LogP contribution in [0, 0.1) is 35.5 Å². The fourth-order valence-corrected chi connectivity index (χ4v) is 10.8. The van der Waals surface area contributed by atoms with Crippen molar-refractivity contribution in [3.05, 3.63) is 58.7 Å². The Hall–Kier alpha value is -3.30. The smallest absolute Gasteiger partial charge is 0.341 e. The lowest BCUT2D eigenvalue weighted by Crippen LogP contribution is -2.28. The van der Waals surface area contributed by atoms with E-state index in [0.29, 0.717) is 48.3 Å². The van der Waals surface area contributed by atoms with E-state index in [1.165, 1.54) is 11.1 Å². The average Bonchev–Trinajstić information content (AvgIpc) is 3.74. The van der Waals surface area contributed by atoms with Gasteiger partial charge in [0.15, 0.2) is 13.2 Å². The van der Waals surface area contributed by atoms with Gasteiger partial charge in [0.1, 0.15) is 11.5 Å². The number of benzene rings is 2. The number of carboxylic acid groups (broad SMARTS) is 2. The summed E-state index contributed by atoms with van der Waals surface area (Å²) < 4.78 is 11.0. The second-order valence-electron chi connectivity index (χ2n) is 18.4. The van der Waals surface area contributed by atoms with Crippen molar-refractivity contribution in [1.29, 1.82) is 0 Å². The lowest BCUT2D eigenvalue weighted by Gasteiger charge is -2.32. The molecule has 9 N–H and O–H groups in total. The third-order valence-corrected chi connectivity index (χ3v) is 13.9. The van der Waals surface area contributed by atoms with Gasteiger partial charge in [-0.25, -0.2) is 9.59 Å². The molecule has 4 aliphatic rings. The number of rotatable bonds is 24. The highest BCUT2D eigenvalue weighted by atomic mass is 16.5. The zero-order chi connectivity index (χ0) is 45.7. The summed E-state index contributed by atoms with van der Waals surface area (Å²) >= 11 is 0. The van der Waals surface area contributed by atoms with Gasteiger partial charge in [0.05, 0.1) is 37.6 Å². The number of ether oxygens (including phenoxy) is 2. The largest absolute Gasteiger partial charge is 0.482 e. The van der Waals surface area contributed by atoms with Crippen LogP contribution in [-0.2, 0) is 35.3 Å². The number of aliphatic hydroxyl groups is 6. The molecule has 2 unspecified atom stereocenters. The van der Waals surface area contributed by atoms with Crippen molar-refractivity contribution in [2.75, 3.05) is 39.5 Å². The van der Waals surface area contributed by atoms with Gasteiger partial charge in [-0.15, -0.1) is 0 Å². The molecule has 2 fully saturated rings. The molecule has 0 amide bonds. The van der Waals surface area contributed by atoms with E-state index < -0.39 is 11.9 Å². The fraction of sp³-hybridized carbons (Fsp3) is 0.720. The summed E-state index contributed by atoms with van der Waals surface area (Å²) in [6.07, 6.45) is 15.7. The minimum atomic E-state index is -0.972. The van der Waals surface area contributed by atoms with E-state index >= 15 is 0 Å². The lowest BCUT2D eigenvalue weighted by atomic mass is 9.73. The van der Waals surface area contributed by atoms with Crippen LogP contribution in [-0.4, -0.2) is 117 Å². The van der Waals surface area contributed by atoms with Gasteiger partial charge >= 0.3 is 11.9 Å². The first-order chi connectivity index (χ1) is 30.4. The van der Waals surface area contributed by atoms with E-state index in [2.05, 4.69) is 31.3 Å². The Bertz CT molecular complexity index is 1520. The summed E-state index contributed by atoms with van der Waals surface area (Å²) in [6, 6.07) is 11.7. The number of aliphatic carboxylic acids is 2. The molecular weight excluding hydrogens is 807 g/mol. The van der Waals surface area contributed by atoms with Gasteiger partial charge < -0.3 is 55.6 Å². The molecule has 2 aromatic carbocycles. The van der Waals surface area contributed by atoms with E-state index in [4.69, 9.17) is 29.9 Å². The van der Waals surface area contributed by atoms with Crippen LogP contribution in [0.3, 0.4) is 0 Å². The minimum Gasteiger partial charge on any atom is -0.482 e. The van der Waals surface area contributed by atoms with Crippen LogP contribution < -0.4 is 14.8 Å². The van der Waals surface area contributed by atoms with Crippen molar-refractivity contribution in [2.45, 2.75) is 154 Å². The van der Waals surface area contributed by atoms with Crippen LogP contribution in [0.25, 0.3) is 0 Å². The number of fused-ring (bicyclic) bond motifs is 4. The quantitative estimate of drug-likeness (QED) is 0.0576. The molecule has 0 heterocycles. The highest BCUT2D eigenvalue weighted by Crippen LogP contribution is 2.50. The van der Waals surface area contributed by atoms with E-state index in [1.807, 2.05) is 24.3 Å². The zero-order valence-corrected chi connectivity index (χ0v) is 37.9. The first-order valence-electron chi connectivity index (χ1n) is 24.0. The van der Waals surface area contributed by atoms with Gasteiger partial charge in [-0.3, -0.25) is 0 Å². The molecule has 0 aliphatic heterocycles. The molecule has 0 aromatic heterocycles. The molecular formula is C50H79NO12. The zero-order valence-electron chi connectivity index (χ0n) is 37.9.